The van der Waals surface area contributed by atoms with Crippen LogP contribution in [0.5, 0.6) is 0 Å². The Morgan fingerprint density at radius 1 is 1.33 bits per heavy atom. The molecule has 1 heterocycles. The minimum Gasteiger partial charge on any atom is -0.464 e. The van der Waals surface area contributed by atoms with E-state index in [9.17, 15) is 9.18 Å². The lowest BCUT2D eigenvalue weighted by atomic mass is 10.0. The quantitative estimate of drug-likeness (QED) is 0.663. The molecule has 0 bridgehead atoms. The summed E-state index contributed by atoms with van der Waals surface area (Å²) in [5.74, 6) is -0.965. The van der Waals surface area contributed by atoms with E-state index in [-0.39, 0.29) is 22.2 Å². The first-order chi connectivity index (χ1) is 11.1. The minimum atomic E-state index is -1.79. The molecule has 1 aromatic carbocycles. The number of rotatable bonds is 3. The zero-order valence-electron chi connectivity index (χ0n) is 14.3. The van der Waals surface area contributed by atoms with Gasteiger partial charge in [-0.25, -0.2) is 14.2 Å². The van der Waals surface area contributed by atoms with Gasteiger partial charge in [0.15, 0.2) is 5.69 Å². The van der Waals surface area contributed by atoms with Crippen molar-refractivity contribution in [1.82, 2.24) is 4.98 Å². The van der Waals surface area contributed by atoms with Gasteiger partial charge in [0.25, 0.3) is 0 Å². The van der Waals surface area contributed by atoms with E-state index in [0.717, 1.165) is 5.19 Å². The van der Waals surface area contributed by atoms with Gasteiger partial charge in [-0.05, 0) is 23.7 Å². The van der Waals surface area contributed by atoms with Gasteiger partial charge in [0.1, 0.15) is 5.82 Å². The van der Waals surface area contributed by atoms with Crippen molar-refractivity contribution in [1.29, 1.82) is 0 Å². The monoisotopic (exact) mass is 366 g/mol. The molecule has 0 fully saturated rings. The fourth-order valence-corrected chi connectivity index (χ4v) is 4.08. The van der Waals surface area contributed by atoms with Crippen molar-refractivity contribution in [2.45, 2.75) is 26.6 Å². The number of nitrogens with two attached hydrogens (primary N) is 1. The zero-order valence-corrected chi connectivity index (χ0v) is 16.1. The fraction of sp³-hybridized carbons (Fsp3) is 0.294. The number of esters is 1. The van der Waals surface area contributed by atoms with Crippen molar-refractivity contribution in [2.24, 2.45) is 0 Å². The average Bonchev–Trinajstić information content (AvgIpc) is 2.51. The van der Waals surface area contributed by atoms with E-state index in [1.807, 2.05) is 0 Å². The SMILES string of the molecule is COC(=O)c1nc(-c2ccc([Si](C)(C)C)c(F)c2)c(C)c(N)c1Cl. The summed E-state index contributed by atoms with van der Waals surface area (Å²) in [7, 11) is -0.551. The number of pyridine rings is 1. The summed E-state index contributed by atoms with van der Waals surface area (Å²) in [6.07, 6.45) is 0. The maximum absolute atomic E-state index is 14.5. The normalized spacial score (nSPS) is 11.5. The van der Waals surface area contributed by atoms with Gasteiger partial charge < -0.3 is 10.5 Å². The van der Waals surface area contributed by atoms with Crippen LogP contribution in [0.2, 0.25) is 24.7 Å². The molecule has 0 saturated carbocycles. The van der Waals surface area contributed by atoms with E-state index in [4.69, 9.17) is 17.3 Å². The van der Waals surface area contributed by atoms with E-state index in [0.29, 0.717) is 16.8 Å². The number of benzene rings is 1. The van der Waals surface area contributed by atoms with Gasteiger partial charge in [0, 0.05) is 5.56 Å². The Balaban J connectivity index is 2.67. The molecule has 4 nitrogen and oxygen atoms in total. The molecule has 1 aromatic heterocycles. The molecule has 0 spiro atoms. The topological polar surface area (TPSA) is 65.2 Å². The number of aromatic nitrogens is 1. The lowest BCUT2D eigenvalue weighted by Gasteiger charge is -2.19. The highest BCUT2D eigenvalue weighted by atomic mass is 35.5. The van der Waals surface area contributed by atoms with Crippen molar-refractivity contribution >= 4 is 36.5 Å². The first kappa shape index (κ1) is 18.4. The Morgan fingerprint density at radius 3 is 2.46 bits per heavy atom. The number of hydrogen-bond acceptors (Lipinski definition) is 4. The third-order valence-electron chi connectivity index (χ3n) is 3.86. The largest absolute Gasteiger partial charge is 0.464 e. The van der Waals surface area contributed by atoms with Crippen molar-refractivity contribution in [2.75, 3.05) is 12.8 Å². The number of anilines is 1. The van der Waals surface area contributed by atoms with Gasteiger partial charge in [-0.15, -0.1) is 0 Å². The van der Waals surface area contributed by atoms with Crippen LogP contribution in [0, 0.1) is 12.7 Å². The first-order valence-electron chi connectivity index (χ1n) is 7.42. The Labute approximate surface area is 146 Å². The molecule has 0 amide bonds. The average molecular weight is 367 g/mol. The third kappa shape index (κ3) is 3.30. The Morgan fingerprint density at radius 2 is 1.96 bits per heavy atom. The Hall–Kier alpha value is -1.92. The molecule has 0 saturated heterocycles. The van der Waals surface area contributed by atoms with Crippen LogP contribution < -0.4 is 10.9 Å². The second-order valence-corrected chi connectivity index (χ2v) is 12.0. The summed E-state index contributed by atoms with van der Waals surface area (Å²) in [5, 5.41) is 0.779. The molecule has 0 aliphatic carbocycles. The molecule has 0 aliphatic rings. The number of nitrogen functional groups attached to an aromatic ring is 1. The molecule has 2 aromatic rings. The standard InChI is InChI=1S/C17H20ClFN2O2Si/c1-9-14(20)13(18)16(17(22)23-2)21-15(9)10-6-7-12(11(19)8-10)24(3,4)5/h6-8H,1-5H3,(H2,20,21). The second-order valence-electron chi connectivity index (χ2n) is 6.60. The number of carbonyl (C=O) groups is 1. The molecule has 7 heteroatoms. The molecule has 0 radical (unpaired) electrons. The highest BCUT2D eigenvalue weighted by molar-refractivity contribution is 6.88. The molecule has 2 rings (SSSR count). The molecular weight excluding hydrogens is 347 g/mol. The fourth-order valence-electron chi connectivity index (χ4n) is 2.45. The van der Waals surface area contributed by atoms with Crippen LogP contribution in [0.3, 0.4) is 0 Å². The number of hydrogen-bond donors (Lipinski definition) is 1. The van der Waals surface area contributed by atoms with Crippen LogP contribution in [0.1, 0.15) is 16.1 Å². The molecule has 24 heavy (non-hydrogen) atoms. The minimum absolute atomic E-state index is 0.0438. The molecular formula is C17H20ClFN2O2Si. The number of halogens is 2. The van der Waals surface area contributed by atoms with Crippen LogP contribution >= 0.6 is 11.6 Å². The van der Waals surface area contributed by atoms with Gasteiger partial charge in [-0.2, -0.15) is 0 Å². The summed E-state index contributed by atoms with van der Waals surface area (Å²) < 4.78 is 19.2. The van der Waals surface area contributed by atoms with Crippen molar-refractivity contribution in [3.8, 4) is 11.3 Å². The van der Waals surface area contributed by atoms with Crippen LogP contribution in [-0.4, -0.2) is 26.1 Å². The lowest BCUT2D eigenvalue weighted by Crippen LogP contribution is -2.39. The highest BCUT2D eigenvalue weighted by Gasteiger charge is 2.23. The second kappa shape index (κ2) is 6.53. The lowest BCUT2D eigenvalue weighted by molar-refractivity contribution is 0.0594. The van der Waals surface area contributed by atoms with Gasteiger partial charge in [0.05, 0.1) is 31.6 Å². The first-order valence-corrected chi connectivity index (χ1v) is 11.3. The van der Waals surface area contributed by atoms with Gasteiger partial charge >= 0.3 is 5.97 Å². The van der Waals surface area contributed by atoms with Gasteiger partial charge in [0.2, 0.25) is 0 Å². The smallest absolute Gasteiger partial charge is 0.358 e. The molecule has 2 N–H and O–H groups in total. The molecule has 0 atom stereocenters. The number of carbonyl (C=O) groups excluding carboxylic acids is 1. The van der Waals surface area contributed by atoms with Gasteiger partial charge in [-0.3, -0.25) is 0 Å². The molecule has 128 valence electrons. The summed E-state index contributed by atoms with van der Waals surface area (Å²) >= 11 is 6.09. The van der Waals surface area contributed by atoms with Crippen LogP contribution in [0.15, 0.2) is 18.2 Å². The summed E-state index contributed by atoms with van der Waals surface area (Å²) in [5.41, 5.74) is 7.69. The highest BCUT2D eigenvalue weighted by Crippen LogP contribution is 2.33. The van der Waals surface area contributed by atoms with E-state index in [1.165, 1.54) is 13.2 Å². The Kier molecular flexibility index (Phi) is 5.01. The molecule has 0 aliphatic heterocycles. The maximum atomic E-state index is 14.5. The van der Waals surface area contributed by atoms with E-state index >= 15 is 0 Å². The predicted octanol–water partition coefficient (Wildman–Crippen LogP) is 3.76. The number of nitrogens with zero attached hydrogens (tertiary/aromatic N) is 1. The third-order valence-corrected chi connectivity index (χ3v) is 6.26. The van der Waals surface area contributed by atoms with Crippen molar-refractivity contribution in [3.05, 3.63) is 40.3 Å². The number of ether oxygens (including phenoxy) is 1. The molecule has 0 unspecified atom stereocenters. The summed E-state index contributed by atoms with van der Waals surface area (Å²) in [4.78, 5) is 16.1. The van der Waals surface area contributed by atoms with E-state index in [1.54, 1.807) is 19.1 Å². The van der Waals surface area contributed by atoms with E-state index < -0.39 is 14.0 Å². The summed E-state index contributed by atoms with van der Waals surface area (Å²) in [6.45, 7) is 7.95. The van der Waals surface area contributed by atoms with Crippen molar-refractivity contribution < 1.29 is 13.9 Å². The van der Waals surface area contributed by atoms with Crippen LogP contribution in [0.25, 0.3) is 11.3 Å². The van der Waals surface area contributed by atoms with Crippen LogP contribution in [-0.2, 0) is 4.74 Å². The number of methoxy groups -OCH3 is 1. The van der Waals surface area contributed by atoms with E-state index in [2.05, 4.69) is 29.4 Å². The predicted molar refractivity (Wildman–Crippen MR) is 98.1 cm³/mol. The Bertz CT molecular complexity index is 819. The van der Waals surface area contributed by atoms with Crippen LogP contribution in [0.4, 0.5) is 10.1 Å². The zero-order chi connectivity index (χ0) is 18.2. The van der Waals surface area contributed by atoms with Gasteiger partial charge in [-0.1, -0.05) is 43.4 Å². The maximum Gasteiger partial charge on any atom is 0.358 e. The summed E-state index contributed by atoms with van der Waals surface area (Å²) in [6, 6.07) is 5.00. The van der Waals surface area contributed by atoms with Crippen molar-refractivity contribution in [3.63, 3.8) is 0 Å².